The fourth-order valence-electron chi connectivity index (χ4n) is 5.28. The van der Waals surface area contributed by atoms with Crippen molar-refractivity contribution in [2.75, 3.05) is 20.8 Å². The van der Waals surface area contributed by atoms with E-state index in [2.05, 4.69) is 63.5 Å². The minimum atomic E-state index is -0.141. The Morgan fingerprint density at radius 1 is 1.13 bits per heavy atom. The molecule has 2 aromatic heterocycles. The molecule has 4 aromatic rings. The van der Waals surface area contributed by atoms with Gasteiger partial charge in [-0.2, -0.15) is 0 Å². The lowest BCUT2D eigenvalue weighted by atomic mass is 10.1. The van der Waals surface area contributed by atoms with Crippen molar-refractivity contribution in [1.82, 2.24) is 30.1 Å². The maximum Gasteiger partial charge on any atom is 0.252 e. The molecule has 0 aliphatic carbocycles. The fourth-order valence-corrected chi connectivity index (χ4v) is 5.28. The molecule has 2 aromatic carbocycles. The highest BCUT2D eigenvalue weighted by molar-refractivity contribution is 5.83. The van der Waals surface area contributed by atoms with Crippen LogP contribution in [0.3, 0.4) is 0 Å². The summed E-state index contributed by atoms with van der Waals surface area (Å²) < 4.78 is 18.6. The van der Waals surface area contributed by atoms with Crippen LogP contribution in [0.5, 0.6) is 11.5 Å². The topological polar surface area (TPSA) is 107 Å². The predicted molar refractivity (Wildman–Crippen MR) is 148 cm³/mol. The standard InChI is InChI=1S/C29H36N6O4/c1-5-25(28-31-32-33-35(28)18-23-7-6-12-39-23)34(16-20-10-8-19(2)9-11-20)17-22-13-21-14-26(37-3)27(38-4)15-24(21)30-29(22)36/h8-11,13-15,23,25H,5-7,12,16-18H2,1-4H3,(H,30,36)/t23-,25+/m0/s1. The van der Waals surface area contributed by atoms with Crippen molar-refractivity contribution >= 4 is 10.9 Å². The number of pyridine rings is 1. The number of benzene rings is 2. The molecule has 1 fully saturated rings. The van der Waals surface area contributed by atoms with Gasteiger partial charge in [-0.25, -0.2) is 4.68 Å². The molecule has 39 heavy (non-hydrogen) atoms. The van der Waals surface area contributed by atoms with E-state index in [-0.39, 0.29) is 17.7 Å². The Bertz CT molecular complexity index is 1460. The number of hydrogen-bond acceptors (Lipinski definition) is 8. The lowest BCUT2D eigenvalue weighted by Gasteiger charge is -2.30. The fraction of sp³-hybridized carbons (Fsp3) is 0.448. The smallest absolute Gasteiger partial charge is 0.252 e. The molecule has 1 N–H and O–H groups in total. The number of hydrogen-bond donors (Lipinski definition) is 1. The quantitative estimate of drug-likeness (QED) is 0.307. The first-order valence-electron chi connectivity index (χ1n) is 13.4. The monoisotopic (exact) mass is 532 g/mol. The van der Waals surface area contributed by atoms with Crippen molar-refractivity contribution in [1.29, 1.82) is 0 Å². The van der Waals surface area contributed by atoms with Gasteiger partial charge in [-0.1, -0.05) is 36.8 Å². The zero-order valence-corrected chi connectivity index (χ0v) is 23.0. The zero-order valence-electron chi connectivity index (χ0n) is 23.0. The summed E-state index contributed by atoms with van der Waals surface area (Å²) in [5.74, 6) is 1.96. The van der Waals surface area contributed by atoms with Crippen molar-refractivity contribution < 1.29 is 14.2 Å². The van der Waals surface area contributed by atoms with E-state index < -0.39 is 0 Å². The van der Waals surface area contributed by atoms with Crippen molar-refractivity contribution in [3.63, 3.8) is 0 Å². The molecule has 1 aliphatic rings. The van der Waals surface area contributed by atoms with E-state index in [0.29, 0.717) is 42.2 Å². The second kappa shape index (κ2) is 12.0. The van der Waals surface area contributed by atoms with Gasteiger partial charge in [0.1, 0.15) is 0 Å². The van der Waals surface area contributed by atoms with Crippen molar-refractivity contribution in [3.05, 3.63) is 75.3 Å². The van der Waals surface area contributed by atoms with Crippen LogP contribution in [0.25, 0.3) is 10.9 Å². The Morgan fingerprint density at radius 2 is 1.90 bits per heavy atom. The van der Waals surface area contributed by atoms with Gasteiger partial charge < -0.3 is 19.2 Å². The van der Waals surface area contributed by atoms with Crippen LogP contribution in [-0.4, -0.2) is 57.0 Å². The van der Waals surface area contributed by atoms with Gasteiger partial charge in [0.25, 0.3) is 5.56 Å². The number of tetrazole rings is 1. The van der Waals surface area contributed by atoms with Crippen LogP contribution >= 0.6 is 0 Å². The first-order chi connectivity index (χ1) is 19.0. The molecule has 0 saturated carbocycles. The van der Waals surface area contributed by atoms with E-state index in [9.17, 15) is 4.79 Å². The lowest BCUT2D eigenvalue weighted by Crippen LogP contribution is -2.33. The van der Waals surface area contributed by atoms with Gasteiger partial charge in [0.05, 0.1) is 38.4 Å². The third-order valence-electron chi connectivity index (χ3n) is 7.39. The maximum atomic E-state index is 13.3. The highest BCUT2D eigenvalue weighted by atomic mass is 16.5. The first-order valence-corrected chi connectivity index (χ1v) is 13.4. The van der Waals surface area contributed by atoms with Crippen LogP contribution in [0.15, 0.2) is 47.3 Å². The van der Waals surface area contributed by atoms with E-state index in [1.165, 1.54) is 5.56 Å². The highest BCUT2D eigenvalue weighted by Crippen LogP contribution is 2.32. The number of aromatic nitrogens is 5. The average molecular weight is 533 g/mol. The van der Waals surface area contributed by atoms with Crippen LogP contribution in [0.1, 0.15) is 54.7 Å². The Kier molecular flexibility index (Phi) is 8.23. The number of H-pyrrole nitrogens is 1. The maximum absolute atomic E-state index is 13.3. The molecule has 10 nitrogen and oxygen atoms in total. The lowest BCUT2D eigenvalue weighted by molar-refractivity contribution is 0.0888. The number of aryl methyl sites for hydroxylation is 1. The van der Waals surface area contributed by atoms with Crippen LogP contribution in [0.2, 0.25) is 0 Å². The number of ether oxygens (including phenoxy) is 3. The molecule has 1 aliphatic heterocycles. The van der Waals surface area contributed by atoms with Crippen molar-refractivity contribution in [3.8, 4) is 11.5 Å². The van der Waals surface area contributed by atoms with Crippen LogP contribution < -0.4 is 15.0 Å². The molecule has 0 amide bonds. The summed E-state index contributed by atoms with van der Waals surface area (Å²) >= 11 is 0. The molecule has 0 unspecified atom stereocenters. The van der Waals surface area contributed by atoms with Gasteiger partial charge in [0.2, 0.25) is 0 Å². The average Bonchev–Trinajstić information content (AvgIpc) is 3.63. The van der Waals surface area contributed by atoms with Crippen molar-refractivity contribution in [2.45, 2.75) is 64.9 Å². The summed E-state index contributed by atoms with van der Waals surface area (Å²) in [6.07, 6.45) is 2.95. The van der Waals surface area contributed by atoms with E-state index in [1.54, 1.807) is 20.3 Å². The van der Waals surface area contributed by atoms with Crippen LogP contribution in [0, 0.1) is 6.92 Å². The molecule has 0 bridgehead atoms. The van der Waals surface area contributed by atoms with Gasteiger partial charge in [-0.3, -0.25) is 9.69 Å². The van der Waals surface area contributed by atoms with E-state index in [0.717, 1.165) is 42.6 Å². The third-order valence-corrected chi connectivity index (χ3v) is 7.39. The molecule has 3 heterocycles. The minimum Gasteiger partial charge on any atom is -0.493 e. The number of nitrogens with zero attached hydrogens (tertiary/aromatic N) is 5. The van der Waals surface area contributed by atoms with Gasteiger partial charge in [0, 0.05) is 36.7 Å². The molecule has 10 heteroatoms. The zero-order chi connectivity index (χ0) is 27.4. The molecule has 0 radical (unpaired) electrons. The minimum absolute atomic E-state index is 0.108. The van der Waals surface area contributed by atoms with Crippen LogP contribution in [-0.2, 0) is 24.4 Å². The number of aromatic amines is 1. The van der Waals surface area contributed by atoms with E-state index in [4.69, 9.17) is 14.2 Å². The van der Waals surface area contributed by atoms with Crippen LogP contribution in [0.4, 0.5) is 0 Å². The second-order valence-electron chi connectivity index (χ2n) is 10.1. The van der Waals surface area contributed by atoms with E-state index in [1.807, 2.05) is 16.8 Å². The van der Waals surface area contributed by atoms with Gasteiger partial charge in [-0.05, 0) is 54.3 Å². The van der Waals surface area contributed by atoms with Gasteiger partial charge in [-0.15, -0.1) is 5.10 Å². The van der Waals surface area contributed by atoms with E-state index >= 15 is 0 Å². The number of rotatable bonds is 11. The molecule has 206 valence electrons. The third kappa shape index (κ3) is 5.97. The number of fused-ring (bicyclic) bond motifs is 1. The second-order valence-corrected chi connectivity index (χ2v) is 10.1. The molecule has 1 saturated heterocycles. The molecular weight excluding hydrogens is 496 g/mol. The molecular formula is C29H36N6O4. The van der Waals surface area contributed by atoms with Crippen molar-refractivity contribution in [2.24, 2.45) is 0 Å². The summed E-state index contributed by atoms with van der Waals surface area (Å²) in [5.41, 5.74) is 3.56. The summed E-state index contributed by atoms with van der Waals surface area (Å²) in [6.45, 7) is 6.65. The normalized spacial score (nSPS) is 16.2. The Morgan fingerprint density at radius 3 is 2.59 bits per heavy atom. The van der Waals surface area contributed by atoms with Gasteiger partial charge >= 0.3 is 0 Å². The largest absolute Gasteiger partial charge is 0.493 e. The molecule has 5 rings (SSSR count). The van der Waals surface area contributed by atoms with Gasteiger partial charge in [0.15, 0.2) is 17.3 Å². The Hall–Kier alpha value is -3.76. The summed E-state index contributed by atoms with van der Waals surface area (Å²) in [4.78, 5) is 18.6. The summed E-state index contributed by atoms with van der Waals surface area (Å²) in [6, 6.07) is 14.0. The SMILES string of the molecule is CC[C@H](c1nnnn1C[C@@H]1CCCO1)N(Cc1ccc(C)cc1)Cc1cc2cc(OC)c(OC)cc2[nH]c1=O. The Labute approximate surface area is 227 Å². The first kappa shape index (κ1) is 26.8. The Balaban J connectivity index is 1.51. The predicted octanol–water partition coefficient (Wildman–Crippen LogP) is 4.17. The summed E-state index contributed by atoms with van der Waals surface area (Å²) in [7, 11) is 3.18. The highest BCUT2D eigenvalue weighted by Gasteiger charge is 2.28. The number of methoxy groups -OCH3 is 2. The molecule has 2 atom stereocenters. The summed E-state index contributed by atoms with van der Waals surface area (Å²) in [5, 5.41) is 13.6. The molecule has 0 spiro atoms. The number of nitrogens with one attached hydrogen (secondary N) is 1.